The van der Waals surface area contributed by atoms with E-state index < -0.39 is 6.09 Å². The third-order valence-electron chi connectivity index (χ3n) is 4.09. The average Bonchev–Trinajstić information content (AvgIpc) is 2.83. The molecule has 1 aromatic carbocycles. The summed E-state index contributed by atoms with van der Waals surface area (Å²) in [6, 6.07) is 4.01. The molecule has 1 saturated heterocycles. The fourth-order valence-electron chi connectivity index (χ4n) is 3.04. The third-order valence-corrected chi connectivity index (χ3v) is 4.09. The van der Waals surface area contributed by atoms with Gasteiger partial charge in [-0.05, 0) is 35.7 Å². The standard InChI is InChI=1S/C14H17NO4/c1-8-3-9(18-2)4-10-11-5-15(14(16)17)6-13(11)19-7-12(8)10/h3-4,11,13H,5-7H2,1-2H3,(H,16,17). The molecule has 5 nitrogen and oxygen atoms in total. The Morgan fingerprint density at radius 1 is 1.47 bits per heavy atom. The topological polar surface area (TPSA) is 59.0 Å². The molecule has 0 aromatic heterocycles. The molecule has 102 valence electrons. The average molecular weight is 263 g/mol. The first-order chi connectivity index (χ1) is 9.10. The number of fused-ring (bicyclic) bond motifs is 3. The quantitative estimate of drug-likeness (QED) is 0.841. The zero-order valence-corrected chi connectivity index (χ0v) is 11.0. The Balaban J connectivity index is 2.00. The fraction of sp³-hybridized carbons (Fsp3) is 0.500. The molecule has 1 N–H and O–H groups in total. The number of hydrogen-bond acceptors (Lipinski definition) is 3. The predicted molar refractivity (Wildman–Crippen MR) is 68.6 cm³/mol. The molecule has 2 unspecified atom stereocenters. The Hall–Kier alpha value is -1.75. The van der Waals surface area contributed by atoms with Gasteiger partial charge in [0.25, 0.3) is 0 Å². The summed E-state index contributed by atoms with van der Waals surface area (Å²) in [5.41, 5.74) is 3.49. The maximum atomic E-state index is 11.1. The van der Waals surface area contributed by atoms with Crippen molar-refractivity contribution in [1.82, 2.24) is 4.90 Å². The van der Waals surface area contributed by atoms with Gasteiger partial charge in [0.1, 0.15) is 5.75 Å². The molecule has 1 amide bonds. The Kier molecular flexibility index (Phi) is 2.86. The van der Waals surface area contributed by atoms with Crippen molar-refractivity contribution in [2.75, 3.05) is 20.2 Å². The molecule has 19 heavy (non-hydrogen) atoms. The number of rotatable bonds is 1. The lowest BCUT2D eigenvalue weighted by Crippen LogP contribution is -2.29. The van der Waals surface area contributed by atoms with Crippen molar-refractivity contribution in [2.45, 2.75) is 25.6 Å². The second-order valence-corrected chi connectivity index (χ2v) is 5.16. The van der Waals surface area contributed by atoms with Crippen LogP contribution >= 0.6 is 0 Å². The second-order valence-electron chi connectivity index (χ2n) is 5.16. The smallest absolute Gasteiger partial charge is 0.407 e. The maximum absolute atomic E-state index is 11.1. The van der Waals surface area contributed by atoms with E-state index in [0.717, 1.165) is 11.3 Å². The normalized spacial score (nSPS) is 24.8. The Bertz CT molecular complexity index is 528. The molecule has 0 aliphatic carbocycles. The highest BCUT2D eigenvalue weighted by Crippen LogP contribution is 2.39. The van der Waals surface area contributed by atoms with Gasteiger partial charge >= 0.3 is 6.09 Å². The second kappa shape index (κ2) is 4.42. The van der Waals surface area contributed by atoms with Gasteiger partial charge in [0.15, 0.2) is 0 Å². The highest BCUT2D eigenvalue weighted by Gasteiger charge is 2.41. The van der Waals surface area contributed by atoms with Crippen LogP contribution in [0.3, 0.4) is 0 Å². The number of amides is 1. The van der Waals surface area contributed by atoms with Crippen LogP contribution < -0.4 is 4.74 Å². The monoisotopic (exact) mass is 263 g/mol. The van der Waals surface area contributed by atoms with E-state index in [4.69, 9.17) is 14.6 Å². The van der Waals surface area contributed by atoms with Gasteiger partial charge in [-0.1, -0.05) is 0 Å². The van der Waals surface area contributed by atoms with Crippen LogP contribution in [0.1, 0.15) is 22.6 Å². The molecule has 2 aliphatic rings. The number of carbonyl (C=O) groups is 1. The van der Waals surface area contributed by atoms with Gasteiger partial charge in [-0.15, -0.1) is 0 Å². The van der Waals surface area contributed by atoms with Crippen molar-refractivity contribution in [2.24, 2.45) is 0 Å². The maximum Gasteiger partial charge on any atom is 0.407 e. The van der Waals surface area contributed by atoms with E-state index in [2.05, 4.69) is 0 Å². The minimum atomic E-state index is -0.876. The number of carboxylic acid groups (broad SMARTS) is 1. The summed E-state index contributed by atoms with van der Waals surface area (Å²) >= 11 is 0. The fourth-order valence-corrected chi connectivity index (χ4v) is 3.04. The van der Waals surface area contributed by atoms with E-state index in [1.54, 1.807) is 7.11 Å². The van der Waals surface area contributed by atoms with E-state index in [1.165, 1.54) is 16.0 Å². The number of methoxy groups -OCH3 is 1. The van der Waals surface area contributed by atoms with Crippen LogP contribution in [-0.4, -0.2) is 42.4 Å². The van der Waals surface area contributed by atoms with E-state index in [1.807, 2.05) is 19.1 Å². The zero-order chi connectivity index (χ0) is 13.6. The van der Waals surface area contributed by atoms with Crippen molar-refractivity contribution < 1.29 is 19.4 Å². The van der Waals surface area contributed by atoms with Gasteiger partial charge in [-0.3, -0.25) is 0 Å². The molecular weight excluding hydrogens is 246 g/mol. The Labute approximate surface area is 111 Å². The minimum Gasteiger partial charge on any atom is -0.497 e. The Morgan fingerprint density at radius 3 is 2.95 bits per heavy atom. The van der Waals surface area contributed by atoms with Crippen molar-refractivity contribution in [3.8, 4) is 5.75 Å². The third kappa shape index (κ3) is 1.94. The molecule has 2 aliphatic heterocycles. The summed E-state index contributed by atoms with van der Waals surface area (Å²) in [7, 11) is 1.65. The zero-order valence-electron chi connectivity index (χ0n) is 11.0. The minimum absolute atomic E-state index is 0.0323. The van der Waals surface area contributed by atoms with E-state index >= 15 is 0 Å². The summed E-state index contributed by atoms with van der Waals surface area (Å²) < 4.78 is 11.1. The molecule has 1 aromatic rings. The highest BCUT2D eigenvalue weighted by atomic mass is 16.5. The van der Waals surface area contributed by atoms with E-state index in [0.29, 0.717) is 19.7 Å². The summed E-state index contributed by atoms with van der Waals surface area (Å²) in [6.45, 7) is 3.55. The molecule has 0 bridgehead atoms. The number of likely N-dealkylation sites (tertiary alicyclic amines) is 1. The molecule has 3 rings (SSSR count). The molecule has 0 radical (unpaired) electrons. The number of ether oxygens (including phenoxy) is 2. The van der Waals surface area contributed by atoms with Crippen molar-refractivity contribution in [3.05, 3.63) is 28.8 Å². The predicted octanol–water partition coefficient (Wildman–Crippen LogP) is 1.98. The summed E-state index contributed by atoms with van der Waals surface area (Å²) in [5, 5.41) is 9.11. The number of benzene rings is 1. The molecule has 2 heterocycles. The van der Waals surface area contributed by atoms with E-state index in [-0.39, 0.29) is 12.0 Å². The van der Waals surface area contributed by atoms with Crippen LogP contribution in [0, 0.1) is 6.92 Å². The lowest BCUT2D eigenvalue weighted by Gasteiger charge is -2.29. The van der Waals surface area contributed by atoms with Crippen LogP contribution in [-0.2, 0) is 11.3 Å². The van der Waals surface area contributed by atoms with Crippen LogP contribution in [0.4, 0.5) is 4.79 Å². The van der Waals surface area contributed by atoms with Gasteiger partial charge in [0.05, 0.1) is 26.4 Å². The molecule has 0 saturated carbocycles. The van der Waals surface area contributed by atoms with Crippen LogP contribution in [0.25, 0.3) is 0 Å². The molecule has 2 atom stereocenters. The number of hydrogen-bond donors (Lipinski definition) is 1. The van der Waals surface area contributed by atoms with E-state index in [9.17, 15) is 4.79 Å². The van der Waals surface area contributed by atoms with Crippen LogP contribution in [0.2, 0.25) is 0 Å². The first-order valence-corrected chi connectivity index (χ1v) is 6.37. The van der Waals surface area contributed by atoms with Crippen LogP contribution in [0.15, 0.2) is 12.1 Å². The number of aryl methyl sites for hydroxylation is 1. The Morgan fingerprint density at radius 2 is 2.26 bits per heavy atom. The van der Waals surface area contributed by atoms with Crippen molar-refractivity contribution in [1.29, 1.82) is 0 Å². The van der Waals surface area contributed by atoms with Gasteiger partial charge in [0, 0.05) is 12.5 Å². The lowest BCUT2D eigenvalue weighted by molar-refractivity contribution is 0.0250. The highest BCUT2D eigenvalue weighted by molar-refractivity contribution is 5.66. The lowest BCUT2D eigenvalue weighted by atomic mass is 9.87. The van der Waals surface area contributed by atoms with Gasteiger partial charge in [0.2, 0.25) is 0 Å². The molecule has 0 spiro atoms. The van der Waals surface area contributed by atoms with Crippen molar-refractivity contribution >= 4 is 6.09 Å². The van der Waals surface area contributed by atoms with Gasteiger partial charge < -0.3 is 19.5 Å². The number of nitrogens with zero attached hydrogens (tertiary/aromatic N) is 1. The van der Waals surface area contributed by atoms with Gasteiger partial charge in [-0.25, -0.2) is 4.79 Å². The molecular formula is C14H17NO4. The SMILES string of the molecule is COc1cc(C)c2c(c1)C1CN(C(=O)O)CC1OC2. The summed E-state index contributed by atoms with van der Waals surface area (Å²) in [6.07, 6.45) is -0.908. The molecule has 5 heteroatoms. The summed E-state index contributed by atoms with van der Waals surface area (Å²) in [5.74, 6) is 0.944. The first-order valence-electron chi connectivity index (χ1n) is 6.37. The molecule has 1 fully saturated rings. The van der Waals surface area contributed by atoms with Gasteiger partial charge in [-0.2, -0.15) is 0 Å². The largest absolute Gasteiger partial charge is 0.497 e. The van der Waals surface area contributed by atoms with Crippen molar-refractivity contribution in [3.63, 3.8) is 0 Å². The first kappa shape index (κ1) is 12.3. The van der Waals surface area contributed by atoms with Crippen LogP contribution in [0.5, 0.6) is 5.75 Å². The summed E-state index contributed by atoms with van der Waals surface area (Å²) in [4.78, 5) is 12.5.